The molecule has 0 aliphatic heterocycles. The van der Waals surface area contributed by atoms with Crippen LogP contribution < -0.4 is 11.1 Å². The SMILES string of the molecule is Cc1ccc(NC(N)=NCc2cnc(C3CC3)o2)cc1C. The van der Waals surface area contributed by atoms with Crippen molar-refractivity contribution in [2.45, 2.75) is 39.2 Å². The van der Waals surface area contributed by atoms with Crippen LogP contribution in [0.1, 0.15) is 41.5 Å². The largest absolute Gasteiger partial charge is 0.443 e. The normalized spacial score (nSPS) is 15.2. The molecular formula is C16H20N4O. The van der Waals surface area contributed by atoms with Crippen LogP contribution in [0.3, 0.4) is 0 Å². The van der Waals surface area contributed by atoms with Crippen LogP contribution in [-0.2, 0) is 6.54 Å². The van der Waals surface area contributed by atoms with Crippen molar-refractivity contribution in [1.29, 1.82) is 0 Å². The molecule has 1 aliphatic carbocycles. The third-order valence-electron chi connectivity index (χ3n) is 3.68. The summed E-state index contributed by atoms with van der Waals surface area (Å²) in [6.45, 7) is 4.56. The highest BCUT2D eigenvalue weighted by Crippen LogP contribution is 2.39. The molecule has 0 saturated heterocycles. The Morgan fingerprint density at radius 1 is 1.38 bits per heavy atom. The number of guanidine groups is 1. The lowest BCUT2D eigenvalue weighted by molar-refractivity contribution is 0.458. The van der Waals surface area contributed by atoms with Crippen LogP contribution in [0.25, 0.3) is 0 Å². The van der Waals surface area contributed by atoms with Crippen molar-refractivity contribution in [2.24, 2.45) is 10.7 Å². The number of nitrogens with zero attached hydrogens (tertiary/aromatic N) is 2. The summed E-state index contributed by atoms with van der Waals surface area (Å²) >= 11 is 0. The van der Waals surface area contributed by atoms with Crippen LogP contribution in [0, 0.1) is 13.8 Å². The van der Waals surface area contributed by atoms with Gasteiger partial charge in [0.05, 0.1) is 6.20 Å². The highest BCUT2D eigenvalue weighted by Gasteiger charge is 2.28. The monoisotopic (exact) mass is 284 g/mol. The van der Waals surface area contributed by atoms with Gasteiger partial charge >= 0.3 is 0 Å². The Kier molecular flexibility index (Phi) is 3.64. The first kappa shape index (κ1) is 13.7. The lowest BCUT2D eigenvalue weighted by Gasteiger charge is -2.07. The molecular weight excluding hydrogens is 264 g/mol. The molecule has 1 heterocycles. The maximum absolute atomic E-state index is 5.90. The highest BCUT2D eigenvalue weighted by atomic mass is 16.4. The van der Waals surface area contributed by atoms with Gasteiger partial charge in [-0.3, -0.25) is 0 Å². The number of aryl methyl sites for hydroxylation is 2. The third-order valence-corrected chi connectivity index (χ3v) is 3.68. The van der Waals surface area contributed by atoms with Crippen molar-refractivity contribution < 1.29 is 4.42 Å². The Morgan fingerprint density at radius 2 is 2.19 bits per heavy atom. The molecule has 5 nitrogen and oxygen atoms in total. The summed E-state index contributed by atoms with van der Waals surface area (Å²) in [6.07, 6.45) is 4.10. The number of hydrogen-bond acceptors (Lipinski definition) is 3. The predicted molar refractivity (Wildman–Crippen MR) is 83.3 cm³/mol. The second-order valence-corrected chi connectivity index (χ2v) is 5.56. The second-order valence-electron chi connectivity index (χ2n) is 5.56. The van der Waals surface area contributed by atoms with Crippen molar-refractivity contribution in [3.8, 4) is 0 Å². The number of oxazole rings is 1. The zero-order valence-corrected chi connectivity index (χ0v) is 12.4. The maximum atomic E-state index is 5.90. The Hall–Kier alpha value is -2.30. The molecule has 1 saturated carbocycles. The number of benzene rings is 1. The van der Waals surface area contributed by atoms with Gasteiger partial charge in [-0.2, -0.15) is 0 Å². The number of nitrogens with two attached hydrogens (primary N) is 1. The fourth-order valence-electron chi connectivity index (χ4n) is 2.08. The summed E-state index contributed by atoms with van der Waals surface area (Å²) in [5.74, 6) is 2.49. The lowest BCUT2D eigenvalue weighted by atomic mass is 10.1. The van der Waals surface area contributed by atoms with Crippen molar-refractivity contribution in [1.82, 2.24) is 4.98 Å². The molecule has 0 spiro atoms. The number of rotatable bonds is 4. The Bertz CT molecular complexity index is 671. The molecule has 1 aromatic heterocycles. The average Bonchev–Trinajstić information content (AvgIpc) is 3.20. The van der Waals surface area contributed by atoms with Gasteiger partial charge in [-0.05, 0) is 49.9 Å². The first-order valence-corrected chi connectivity index (χ1v) is 7.20. The number of aromatic nitrogens is 1. The molecule has 0 amide bonds. The van der Waals surface area contributed by atoms with Gasteiger partial charge in [-0.15, -0.1) is 0 Å². The third kappa shape index (κ3) is 3.42. The minimum absolute atomic E-state index is 0.377. The molecule has 1 aromatic carbocycles. The van der Waals surface area contributed by atoms with E-state index in [-0.39, 0.29) is 0 Å². The standard InChI is InChI=1S/C16H20N4O/c1-10-3-6-13(7-11(10)2)20-16(17)19-9-14-8-18-15(21-14)12-4-5-12/h3,6-8,12H,4-5,9H2,1-2H3,(H3,17,19,20). The maximum Gasteiger partial charge on any atom is 0.197 e. The van der Waals surface area contributed by atoms with Crippen molar-refractivity contribution in [3.05, 3.63) is 47.2 Å². The van der Waals surface area contributed by atoms with Crippen molar-refractivity contribution in [2.75, 3.05) is 5.32 Å². The van der Waals surface area contributed by atoms with E-state index in [4.69, 9.17) is 10.2 Å². The van der Waals surface area contributed by atoms with E-state index in [1.807, 2.05) is 6.07 Å². The fraction of sp³-hybridized carbons (Fsp3) is 0.375. The smallest absolute Gasteiger partial charge is 0.197 e. The van der Waals surface area contributed by atoms with E-state index in [9.17, 15) is 0 Å². The Morgan fingerprint density at radius 3 is 2.90 bits per heavy atom. The van der Waals surface area contributed by atoms with Gasteiger partial charge in [0.2, 0.25) is 0 Å². The zero-order valence-electron chi connectivity index (χ0n) is 12.4. The van der Waals surface area contributed by atoms with Gasteiger partial charge in [0, 0.05) is 11.6 Å². The minimum Gasteiger partial charge on any atom is -0.443 e. The molecule has 0 radical (unpaired) electrons. The van der Waals surface area contributed by atoms with Crippen LogP contribution in [0.2, 0.25) is 0 Å². The molecule has 21 heavy (non-hydrogen) atoms. The number of hydrogen-bond donors (Lipinski definition) is 2. The van der Waals surface area contributed by atoms with E-state index in [1.165, 1.54) is 24.0 Å². The van der Waals surface area contributed by atoms with Gasteiger partial charge in [0.25, 0.3) is 0 Å². The van der Waals surface area contributed by atoms with E-state index in [2.05, 4.69) is 41.3 Å². The fourth-order valence-corrected chi connectivity index (χ4v) is 2.08. The molecule has 110 valence electrons. The molecule has 1 fully saturated rings. The quantitative estimate of drug-likeness (QED) is 0.668. The summed E-state index contributed by atoms with van der Waals surface area (Å²) in [6, 6.07) is 6.10. The zero-order chi connectivity index (χ0) is 14.8. The second kappa shape index (κ2) is 5.60. The van der Waals surface area contributed by atoms with Crippen molar-refractivity contribution in [3.63, 3.8) is 0 Å². The Labute approximate surface area is 124 Å². The van der Waals surface area contributed by atoms with Crippen LogP contribution in [0.15, 0.2) is 33.8 Å². The van der Waals surface area contributed by atoms with Gasteiger partial charge in [-0.25, -0.2) is 9.98 Å². The van der Waals surface area contributed by atoms with Gasteiger partial charge < -0.3 is 15.5 Å². The number of aliphatic imine (C=N–C) groups is 1. The molecule has 1 aliphatic rings. The molecule has 3 N–H and O–H groups in total. The summed E-state index contributed by atoms with van der Waals surface area (Å²) in [5, 5.41) is 3.09. The minimum atomic E-state index is 0.377. The average molecular weight is 284 g/mol. The first-order valence-electron chi connectivity index (χ1n) is 7.20. The van der Waals surface area contributed by atoms with Crippen LogP contribution in [0.5, 0.6) is 0 Å². The van der Waals surface area contributed by atoms with Gasteiger partial charge in [0.15, 0.2) is 11.9 Å². The summed E-state index contributed by atoms with van der Waals surface area (Å²) in [5.41, 5.74) is 9.31. The topological polar surface area (TPSA) is 76.4 Å². The van der Waals surface area contributed by atoms with E-state index in [0.29, 0.717) is 18.4 Å². The van der Waals surface area contributed by atoms with Gasteiger partial charge in [-0.1, -0.05) is 6.07 Å². The van der Waals surface area contributed by atoms with Crippen molar-refractivity contribution >= 4 is 11.6 Å². The molecule has 5 heteroatoms. The van der Waals surface area contributed by atoms with E-state index >= 15 is 0 Å². The van der Waals surface area contributed by atoms with E-state index < -0.39 is 0 Å². The summed E-state index contributed by atoms with van der Waals surface area (Å²) < 4.78 is 5.64. The molecule has 2 aromatic rings. The van der Waals surface area contributed by atoms with E-state index in [1.54, 1.807) is 6.20 Å². The first-order chi connectivity index (χ1) is 10.1. The van der Waals surface area contributed by atoms with Crippen LogP contribution in [0.4, 0.5) is 5.69 Å². The van der Waals surface area contributed by atoms with Crippen LogP contribution in [-0.4, -0.2) is 10.9 Å². The number of nitrogens with one attached hydrogen (secondary N) is 1. The molecule has 0 bridgehead atoms. The van der Waals surface area contributed by atoms with Gasteiger partial charge in [0.1, 0.15) is 12.3 Å². The van der Waals surface area contributed by atoms with E-state index in [0.717, 1.165) is 17.3 Å². The highest BCUT2D eigenvalue weighted by molar-refractivity contribution is 5.92. The predicted octanol–water partition coefficient (Wildman–Crippen LogP) is 3.10. The number of anilines is 1. The molecule has 0 atom stereocenters. The summed E-state index contributed by atoms with van der Waals surface area (Å²) in [4.78, 5) is 8.55. The Balaban J connectivity index is 1.60. The molecule has 3 rings (SSSR count). The molecule has 0 unspecified atom stereocenters. The van der Waals surface area contributed by atoms with Crippen LogP contribution >= 0.6 is 0 Å². The summed E-state index contributed by atoms with van der Waals surface area (Å²) in [7, 11) is 0. The lowest BCUT2D eigenvalue weighted by Crippen LogP contribution is -2.22.